The molecule has 0 spiro atoms. The Morgan fingerprint density at radius 3 is 2.41 bits per heavy atom. The Balaban J connectivity index is 2.37. The second-order valence-corrected chi connectivity index (χ2v) is 5.54. The second-order valence-electron chi connectivity index (χ2n) is 5.54. The van der Waals surface area contributed by atoms with Crippen molar-refractivity contribution < 1.29 is 19.0 Å². The van der Waals surface area contributed by atoms with E-state index in [0.29, 0.717) is 23.0 Å². The molecule has 120 valence electrons. The number of esters is 1. The molecular weight excluding hydrogens is 280 g/mol. The van der Waals surface area contributed by atoms with Gasteiger partial charge in [-0.1, -0.05) is 31.4 Å². The number of ether oxygens (including phenoxy) is 3. The van der Waals surface area contributed by atoms with Gasteiger partial charge in [-0.3, -0.25) is 0 Å². The van der Waals surface area contributed by atoms with Crippen LogP contribution in [0.2, 0.25) is 0 Å². The number of hydrogen-bond donors (Lipinski definition) is 0. The largest absolute Gasteiger partial charge is 0.497 e. The first-order valence-corrected chi connectivity index (χ1v) is 7.72. The minimum atomic E-state index is -0.400. The third-order valence-corrected chi connectivity index (χ3v) is 4.15. The molecule has 4 nitrogen and oxygen atoms in total. The topological polar surface area (TPSA) is 44.8 Å². The maximum absolute atomic E-state index is 12.1. The monoisotopic (exact) mass is 304 g/mol. The molecule has 1 saturated carbocycles. The van der Waals surface area contributed by atoms with E-state index in [2.05, 4.69) is 6.08 Å². The smallest absolute Gasteiger partial charge is 0.342 e. The van der Waals surface area contributed by atoms with Gasteiger partial charge in [-0.25, -0.2) is 4.79 Å². The van der Waals surface area contributed by atoms with Crippen LogP contribution in [0.15, 0.2) is 18.2 Å². The minimum Gasteiger partial charge on any atom is -0.497 e. The molecule has 2 rings (SSSR count). The Kier molecular flexibility index (Phi) is 5.87. The number of benzene rings is 1. The van der Waals surface area contributed by atoms with Crippen LogP contribution in [-0.4, -0.2) is 27.3 Å². The Bertz CT molecular complexity index is 542. The van der Waals surface area contributed by atoms with Crippen LogP contribution in [0.5, 0.6) is 11.5 Å². The summed E-state index contributed by atoms with van der Waals surface area (Å²) in [5.74, 6) is 1.31. The van der Waals surface area contributed by atoms with Gasteiger partial charge in [-0.05, 0) is 30.4 Å². The lowest BCUT2D eigenvalue weighted by molar-refractivity contribution is 0.0597. The first-order chi connectivity index (χ1) is 10.7. The van der Waals surface area contributed by atoms with Crippen LogP contribution in [0.1, 0.15) is 48.0 Å². The summed E-state index contributed by atoms with van der Waals surface area (Å²) in [6.45, 7) is 0. The van der Waals surface area contributed by atoms with Crippen LogP contribution in [0.4, 0.5) is 0 Å². The Hall–Kier alpha value is -1.97. The fraction of sp³-hybridized carbons (Fsp3) is 0.500. The van der Waals surface area contributed by atoms with Crippen LogP contribution < -0.4 is 9.47 Å². The quantitative estimate of drug-likeness (QED) is 0.769. The predicted octanol–water partition coefficient (Wildman–Crippen LogP) is 4.08. The lowest BCUT2D eigenvalue weighted by atomic mass is 9.88. The van der Waals surface area contributed by atoms with Crippen LogP contribution in [0, 0.1) is 5.92 Å². The Morgan fingerprint density at radius 1 is 1.09 bits per heavy atom. The van der Waals surface area contributed by atoms with Crippen LogP contribution in [0.3, 0.4) is 0 Å². The molecule has 0 N–H and O–H groups in total. The molecule has 1 aliphatic carbocycles. The van der Waals surface area contributed by atoms with E-state index in [4.69, 9.17) is 14.2 Å². The summed E-state index contributed by atoms with van der Waals surface area (Å²) >= 11 is 0. The molecule has 0 radical (unpaired) electrons. The summed E-state index contributed by atoms with van der Waals surface area (Å²) < 4.78 is 15.5. The average Bonchev–Trinajstić information content (AvgIpc) is 2.59. The van der Waals surface area contributed by atoms with Gasteiger partial charge in [0, 0.05) is 6.07 Å². The van der Waals surface area contributed by atoms with Gasteiger partial charge >= 0.3 is 5.97 Å². The van der Waals surface area contributed by atoms with Gasteiger partial charge in [-0.2, -0.15) is 0 Å². The van der Waals surface area contributed by atoms with E-state index in [9.17, 15) is 4.79 Å². The third-order valence-electron chi connectivity index (χ3n) is 4.15. The fourth-order valence-corrected chi connectivity index (χ4v) is 2.91. The molecule has 0 heterocycles. The van der Waals surface area contributed by atoms with Crippen molar-refractivity contribution in [3.63, 3.8) is 0 Å². The predicted molar refractivity (Wildman–Crippen MR) is 86.5 cm³/mol. The van der Waals surface area contributed by atoms with E-state index in [1.165, 1.54) is 46.3 Å². The van der Waals surface area contributed by atoms with E-state index in [-0.39, 0.29) is 0 Å². The van der Waals surface area contributed by atoms with Gasteiger partial charge in [-0.15, -0.1) is 0 Å². The number of methoxy groups -OCH3 is 3. The maximum Gasteiger partial charge on any atom is 0.342 e. The highest BCUT2D eigenvalue weighted by atomic mass is 16.5. The highest BCUT2D eigenvalue weighted by Crippen LogP contribution is 2.32. The molecule has 0 unspecified atom stereocenters. The summed E-state index contributed by atoms with van der Waals surface area (Å²) in [5, 5.41) is 0. The van der Waals surface area contributed by atoms with E-state index >= 15 is 0 Å². The Labute approximate surface area is 132 Å². The second kappa shape index (κ2) is 7.87. The van der Waals surface area contributed by atoms with E-state index < -0.39 is 5.97 Å². The molecule has 1 aliphatic rings. The number of rotatable bonds is 5. The molecule has 0 aliphatic heterocycles. The SMILES string of the molecule is COC(=O)c1c(C=CC2CCCCC2)cc(OC)cc1OC. The van der Waals surface area contributed by atoms with Crippen molar-refractivity contribution >= 4 is 12.0 Å². The molecule has 0 atom stereocenters. The van der Waals surface area contributed by atoms with Crippen LogP contribution in [0.25, 0.3) is 6.08 Å². The highest BCUT2D eigenvalue weighted by Gasteiger charge is 2.19. The number of allylic oxidation sites excluding steroid dienone is 1. The number of carbonyl (C=O) groups is 1. The zero-order valence-electron chi connectivity index (χ0n) is 13.6. The molecule has 0 aromatic heterocycles. The van der Waals surface area contributed by atoms with Gasteiger partial charge < -0.3 is 14.2 Å². The van der Waals surface area contributed by atoms with Crippen molar-refractivity contribution in [1.29, 1.82) is 0 Å². The molecule has 4 heteroatoms. The van der Waals surface area contributed by atoms with Crippen molar-refractivity contribution in [1.82, 2.24) is 0 Å². The first kappa shape index (κ1) is 16.4. The van der Waals surface area contributed by atoms with Gasteiger partial charge in [0.25, 0.3) is 0 Å². The molecule has 1 aromatic carbocycles. The summed E-state index contributed by atoms with van der Waals surface area (Å²) in [6.07, 6.45) is 10.5. The average molecular weight is 304 g/mol. The maximum atomic E-state index is 12.1. The molecule has 0 saturated heterocycles. The zero-order valence-corrected chi connectivity index (χ0v) is 13.6. The number of carbonyl (C=O) groups excluding carboxylic acids is 1. The fourth-order valence-electron chi connectivity index (χ4n) is 2.91. The van der Waals surface area contributed by atoms with Crippen LogP contribution >= 0.6 is 0 Å². The van der Waals surface area contributed by atoms with E-state index in [1.54, 1.807) is 13.2 Å². The number of hydrogen-bond acceptors (Lipinski definition) is 4. The summed E-state index contributed by atoms with van der Waals surface area (Å²) in [6, 6.07) is 3.54. The van der Waals surface area contributed by atoms with Crippen molar-refractivity contribution in [3.05, 3.63) is 29.3 Å². The summed E-state index contributed by atoms with van der Waals surface area (Å²) in [5.41, 5.74) is 1.21. The summed E-state index contributed by atoms with van der Waals surface area (Å²) in [4.78, 5) is 12.1. The summed E-state index contributed by atoms with van der Waals surface area (Å²) in [7, 11) is 4.51. The van der Waals surface area contributed by atoms with Crippen molar-refractivity contribution in [2.24, 2.45) is 5.92 Å². The van der Waals surface area contributed by atoms with Crippen molar-refractivity contribution in [3.8, 4) is 11.5 Å². The molecule has 0 bridgehead atoms. The molecule has 1 aromatic rings. The zero-order chi connectivity index (χ0) is 15.9. The van der Waals surface area contributed by atoms with Crippen LogP contribution in [-0.2, 0) is 4.74 Å². The lowest BCUT2D eigenvalue weighted by Gasteiger charge is -2.18. The van der Waals surface area contributed by atoms with Gasteiger partial charge in [0.2, 0.25) is 0 Å². The first-order valence-electron chi connectivity index (χ1n) is 7.72. The normalized spacial score (nSPS) is 15.8. The highest BCUT2D eigenvalue weighted by molar-refractivity contribution is 5.97. The van der Waals surface area contributed by atoms with Gasteiger partial charge in [0.1, 0.15) is 17.1 Å². The van der Waals surface area contributed by atoms with Gasteiger partial charge in [0.15, 0.2) is 0 Å². The Morgan fingerprint density at radius 2 is 1.82 bits per heavy atom. The van der Waals surface area contributed by atoms with E-state index in [0.717, 1.165) is 5.56 Å². The van der Waals surface area contributed by atoms with Crippen molar-refractivity contribution in [2.45, 2.75) is 32.1 Å². The van der Waals surface area contributed by atoms with Gasteiger partial charge in [0.05, 0.1) is 21.3 Å². The molecular formula is C18H24O4. The minimum absolute atomic E-state index is 0.400. The molecule has 1 fully saturated rings. The molecule has 0 amide bonds. The van der Waals surface area contributed by atoms with E-state index in [1.807, 2.05) is 12.1 Å². The molecule has 22 heavy (non-hydrogen) atoms. The lowest BCUT2D eigenvalue weighted by Crippen LogP contribution is -2.07. The standard InChI is InChI=1S/C18H24O4/c1-20-15-11-14(10-9-13-7-5-4-6-8-13)17(18(19)22-3)16(12-15)21-2/h9-13H,4-8H2,1-3H3. The van der Waals surface area contributed by atoms with Crippen molar-refractivity contribution in [2.75, 3.05) is 21.3 Å². The third kappa shape index (κ3) is 3.81.